The van der Waals surface area contributed by atoms with Crippen LogP contribution in [0.15, 0.2) is 30.3 Å². The van der Waals surface area contributed by atoms with Crippen molar-refractivity contribution >= 4 is 28.2 Å². The molecule has 0 bridgehead atoms. The molecule has 3 N–H and O–H groups in total. The Morgan fingerprint density at radius 3 is 2.54 bits per heavy atom. The van der Waals surface area contributed by atoms with E-state index in [9.17, 15) is 9.59 Å². The van der Waals surface area contributed by atoms with Crippen LogP contribution in [-0.2, 0) is 9.53 Å². The predicted molar refractivity (Wildman–Crippen MR) is 95.4 cm³/mol. The second kappa shape index (κ2) is 8.08. The third kappa shape index (κ3) is 4.21. The minimum Gasteiger partial charge on any atom is -0.465 e. The number of nitrogens with one attached hydrogen (secondary N) is 1. The van der Waals surface area contributed by atoms with E-state index >= 15 is 0 Å². The molecule has 0 spiro atoms. The first-order chi connectivity index (χ1) is 11.4. The number of hydrogen-bond acceptors (Lipinski definition) is 4. The highest BCUT2D eigenvalue weighted by Crippen LogP contribution is 2.32. The molecular formula is C18H23N2O3S+. The first-order valence-corrected chi connectivity index (χ1v) is 8.62. The van der Waals surface area contributed by atoms with Gasteiger partial charge in [-0.25, -0.2) is 4.79 Å². The van der Waals surface area contributed by atoms with Crippen molar-refractivity contribution in [1.82, 2.24) is 0 Å². The summed E-state index contributed by atoms with van der Waals surface area (Å²) in [6.45, 7) is 6.12. The maximum atomic E-state index is 12.2. The SMILES string of the molecule is COC(=O)c1c(NC(=O)C[NH2+][C@@H](C)c2ccccc2)sc(C)c1C. The van der Waals surface area contributed by atoms with Crippen molar-refractivity contribution in [3.05, 3.63) is 51.9 Å². The van der Waals surface area contributed by atoms with Gasteiger partial charge in [0.1, 0.15) is 11.0 Å². The lowest BCUT2D eigenvalue weighted by Gasteiger charge is -2.11. The summed E-state index contributed by atoms with van der Waals surface area (Å²) < 4.78 is 4.82. The third-order valence-electron chi connectivity index (χ3n) is 4.01. The zero-order chi connectivity index (χ0) is 17.7. The molecule has 2 aromatic rings. The van der Waals surface area contributed by atoms with Crippen LogP contribution >= 0.6 is 11.3 Å². The molecule has 5 nitrogen and oxygen atoms in total. The average Bonchev–Trinajstić information content (AvgIpc) is 2.86. The highest BCUT2D eigenvalue weighted by molar-refractivity contribution is 7.16. The molecule has 0 fully saturated rings. The molecule has 2 rings (SSSR count). The van der Waals surface area contributed by atoms with Crippen LogP contribution in [0, 0.1) is 13.8 Å². The molecule has 1 amide bonds. The molecule has 1 heterocycles. The summed E-state index contributed by atoms with van der Waals surface area (Å²) in [5.41, 5.74) is 2.47. The van der Waals surface area contributed by atoms with Gasteiger partial charge in [0.15, 0.2) is 6.54 Å². The van der Waals surface area contributed by atoms with E-state index in [0.717, 1.165) is 10.4 Å². The predicted octanol–water partition coefficient (Wildman–Crippen LogP) is 2.41. The van der Waals surface area contributed by atoms with E-state index < -0.39 is 5.97 Å². The van der Waals surface area contributed by atoms with Gasteiger partial charge in [-0.3, -0.25) is 4.79 Å². The number of benzene rings is 1. The quantitative estimate of drug-likeness (QED) is 0.788. The Balaban J connectivity index is 2.00. The third-order valence-corrected chi connectivity index (χ3v) is 5.13. The van der Waals surface area contributed by atoms with E-state index in [1.165, 1.54) is 24.0 Å². The Kier molecular flexibility index (Phi) is 6.11. The number of hydrogen-bond donors (Lipinski definition) is 2. The van der Waals surface area contributed by atoms with Gasteiger partial charge in [0.25, 0.3) is 5.91 Å². The van der Waals surface area contributed by atoms with E-state index in [2.05, 4.69) is 12.2 Å². The summed E-state index contributed by atoms with van der Waals surface area (Å²) >= 11 is 1.40. The van der Waals surface area contributed by atoms with Crippen LogP contribution in [0.2, 0.25) is 0 Å². The number of aryl methyl sites for hydroxylation is 1. The largest absolute Gasteiger partial charge is 0.465 e. The smallest absolute Gasteiger partial charge is 0.341 e. The summed E-state index contributed by atoms with van der Waals surface area (Å²) in [6.07, 6.45) is 0. The molecule has 0 aliphatic rings. The second-order valence-corrected chi connectivity index (χ2v) is 6.89. The molecular weight excluding hydrogens is 324 g/mol. The minimum absolute atomic E-state index is 0.135. The number of quaternary nitrogens is 1. The van der Waals surface area contributed by atoms with E-state index in [1.807, 2.05) is 49.5 Å². The van der Waals surface area contributed by atoms with E-state index in [1.54, 1.807) is 0 Å². The van der Waals surface area contributed by atoms with Gasteiger partial charge in [-0.2, -0.15) is 0 Å². The van der Waals surface area contributed by atoms with Crippen LogP contribution in [0.3, 0.4) is 0 Å². The van der Waals surface area contributed by atoms with Crippen molar-refractivity contribution in [3.8, 4) is 0 Å². The number of esters is 1. The number of anilines is 1. The van der Waals surface area contributed by atoms with Gasteiger partial charge < -0.3 is 15.4 Å². The Labute approximate surface area is 146 Å². The highest BCUT2D eigenvalue weighted by atomic mass is 32.1. The highest BCUT2D eigenvalue weighted by Gasteiger charge is 2.22. The molecule has 0 aliphatic heterocycles. The Bertz CT molecular complexity index is 725. The Hall–Kier alpha value is -2.18. The standard InChI is InChI=1S/C18H22N2O3S/c1-11-13(3)24-17(16(11)18(22)23-4)20-15(21)10-19-12(2)14-8-6-5-7-9-14/h5-9,12,19H,10H2,1-4H3,(H,20,21)/p+1/t12-/m0/s1. The average molecular weight is 347 g/mol. The molecule has 1 aromatic heterocycles. The lowest BCUT2D eigenvalue weighted by molar-refractivity contribution is -0.682. The fraction of sp³-hybridized carbons (Fsp3) is 0.333. The van der Waals surface area contributed by atoms with Gasteiger partial charge in [-0.1, -0.05) is 30.3 Å². The van der Waals surface area contributed by atoms with Gasteiger partial charge >= 0.3 is 5.97 Å². The number of rotatable bonds is 6. The van der Waals surface area contributed by atoms with Crippen molar-refractivity contribution in [2.75, 3.05) is 19.0 Å². The maximum absolute atomic E-state index is 12.2. The van der Waals surface area contributed by atoms with Gasteiger partial charge in [0, 0.05) is 10.4 Å². The topological polar surface area (TPSA) is 72.0 Å². The molecule has 0 saturated carbocycles. The van der Waals surface area contributed by atoms with E-state index in [-0.39, 0.29) is 18.5 Å². The van der Waals surface area contributed by atoms with Gasteiger partial charge in [0.05, 0.1) is 12.7 Å². The number of carbonyl (C=O) groups excluding carboxylic acids is 2. The monoisotopic (exact) mass is 347 g/mol. The Morgan fingerprint density at radius 1 is 1.25 bits per heavy atom. The van der Waals surface area contributed by atoms with Crippen LogP contribution < -0.4 is 10.6 Å². The lowest BCUT2D eigenvalue weighted by atomic mass is 10.1. The van der Waals surface area contributed by atoms with E-state index in [0.29, 0.717) is 10.6 Å². The molecule has 1 atom stereocenters. The summed E-state index contributed by atoms with van der Waals surface area (Å²) in [7, 11) is 1.34. The first-order valence-electron chi connectivity index (χ1n) is 7.80. The van der Waals surface area contributed by atoms with E-state index in [4.69, 9.17) is 4.74 Å². The maximum Gasteiger partial charge on any atom is 0.341 e. The van der Waals surface area contributed by atoms with Crippen LogP contribution in [0.25, 0.3) is 0 Å². The molecule has 0 aliphatic carbocycles. The second-order valence-electron chi connectivity index (χ2n) is 5.67. The molecule has 128 valence electrons. The van der Waals surface area contributed by atoms with Crippen molar-refractivity contribution < 1.29 is 19.6 Å². The van der Waals surface area contributed by atoms with Crippen molar-refractivity contribution in [2.45, 2.75) is 26.8 Å². The zero-order valence-corrected chi connectivity index (χ0v) is 15.2. The van der Waals surface area contributed by atoms with Gasteiger partial charge in [-0.15, -0.1) is 11.3 Å². The van der Waals surface area contributed by atoms with Crippen LogP contribution in [0.5, 0.6) is 0 Å². The lowest BCUT2D eigenvalue weighted by Crippen LogP contribution is -2.86. The summed E-state index contributed by atoms with van der Waals surface area (Å²) in [5, 5.41) is 5.37. The summed E-state index contributed by atoms with van der Waals surface area (Å²) in [6, 6.07) is 10.2. The van der Waals surface area contributed by atoms with Crippen molar-refractivity contribution in [2.24, 2.45) is 0 Å². The number of methoxy groups -OCH3 is 1. The minimum atomic E-state index is -0.422. The summed E-state index contributed by atoms with van der Waals surface area (Å²) in [5.74, 6) is -0.557. The molecule has 6 heteroatoms. The fourth-order valence-corrected chi connectivity index (χ4v) is 3.48. The molecule has 0 radical (unpaired) electrons. The molecule has 0 saturated heterocycles. The zero-order valence-electron chi connectivity index (χ0n) is 14.4. The van der Waals surface area contributed by atoms with Crippen LogP contribution in [0.4, 0.5) is 5.00 Å². The number of thiophene rings is 1. The van der Waals surface area contributed by atoms with Gasteiger partial charge in [0.2, 0.25) is 0 Å². The van der Waals surface area contributed by atoms with Crippen LogP contribution in [-0.4, -0.2) is 25.5 Å². The number of amides is 1. The number of ether oxygens (including phenoxy) is 1. The first kappa shape index (κ1) is 18.2. The molecule has 1 aromatic carbocycles. The summed E-state index contributed by atoms with van der Waals surface area (Å²) in [4.78, 5) is 25.2. The van der Waals surface area contributed by atoms with Crippen LogP contribution in [0.1, 0.15) is 39.3 Å². The molecule has 0 unspecified atom stereocenters. The Morgan fingerprint density at radius 2 is 1.92 bits per heavy atom. The van der Waals surface area contributed by atoms with Gasteiger partial charge in [-0.05, 0) is 26.3 Å². The fourth-order valence-electron chi connectivity index (χ4n) is 2.42. The number of nitrogens with two attached hydrogens (primary N) is 1. The van der Waals surface area contributed by atoms with Crippen molar-refractivity contribution in [1.29, 1.82) is 0 Å². The molecule has 24 heavy (non-hydrogen) atoms. The normalized spacial score (nSPS) is 11.8. The van der Waals surface area contributed by atoms with Crippen molar-refractivity contribution in [3.63, 3.8) is 0 Å². The number of carbonyl (C=O) groups is 2.